The third-order valence-electron chi connectivity index (χ3n) is 2.46. The Bertz CT molecular complexity index is 422. The summed E-state index contributed by atoms with van der Waals surface area (Å²) in [7, 11) is 0. The summed E-state index contributed by atoms with van der Waals surface area (Å²) in [5.41, 5.74) is 2.28. The molecular weight excluding hydrogens is 218 g/mol. The fourth-order valence-corrected chi connectivity index (χ4v) is 2.32. The Morgan fingerprint density at radius 3 is 2.56 bits per heavy atom. The van der Waals surface area contributed by atoms with Crippen LogP contribution >= 0.6 is 11.3 Å². The van der Waals surface area contributed by atoms with Gasteiger partial charge in [0.2, 0.25) is 0 Å². The van der Waals surface area contributed by atoms with Crippen LogP contribution in [0.2, 0.25) is 0 Å². The molecule has 0 amide bonds. The van der Waals surface area contributed by atoms with E-state index in [0.29, 0.717) is 0 Å². The highest BCUT2D eigenvalue weighted by Gasteiger charge is 2.10. The van der Waals surface area contributed by atoms with Crippen molar-refractivity contribution in [2.24, 2.45) is 0 Å². The van der Waals surface area contributed by atoms with Crippen molar-refractivity contribution >= 4 is 17.0 Å². The van der Waals surface area contributed by atoms with E-state index in [-0.39, 0.29) is 12.6 Å². The Kier molecular flexibility index (Phi) is 3.59. The molecule has 2 nitrogen and oxygen atoms in total. The van der Waals surface area contributed by atoms with Crippen molar-refractivity contribution in [3.8, 4) is 0 Å². The molecule has 0 saturated carbocycles. The molecule has 2 rings (SSSR count). The fraction of sp³-hybridized carbons (Fsp3) is 0.231. The number of thiophene rings is 1. The molecule has 0 fully saturated rings. The Labute approximate surface area is 99.6 Å². The maximum absolute atomic E-state index is 9.36. The van der Waals surface area contributed by atoms with E-state index in [2.05, 4.69) is 24.4 Å². The maximum Gasteiger partial charge on any atom is 0.0837 e. The summed E-state index contributed by atoms with van der Waals surface area (Å²) in [5, 5.41) is 14.7. The first kappa shape index (κ1) is 11.2. The van der Waals surface area contributed by atoms with Gasteiger partial charge >= 0.3 is 0 Å². The van der Waals surface area contributed by atoms with Gasteiger partial charge < -0.3 is 10.4 Å². The third-order valence-corrected chi connectivity index (χ3v) is 3.45. The first-order valence-corrected chi connectivity index (χ1v) is 6.15. The van der Waals surface area contributed by atoms with Crippen molar-refractivity contribution in [1.82, 2.24) is 0 Å². The molecule has 0 aliphatic rings. The van der Waals surface area contributed by atoms with Gasteiger partial charge in [0.15, 0.2) is 0 Å². The lowest BCUT2D eigenvalue weighted by Gasteiger charge is -2.16. The molecule has 0 saturated heterocycles. The lowest BCUT2D eigenvalue weighted by molar-refractivity contribution is 0.278. The van der Waals surface area contributed by atoms with Crippen LogP contribution < -0.4 is 5.32 Å². The molecule has 84 valence electrons. The van der Waals surface area contributed by atoms with Crippen LogP contribution in [0.5, 0.6) is 0 Å². The van der Waals surface area contributed by atoms with Crippen LogP contribution in [0, 0.1) is 6.92 Å². The molecule has 3 heteroatoms. The van der Waals surface area contributed by atoms with Crippen LogP contribution in [0.1, 0.15) is 16.5 Å². The van der Waals surface area contributed by atoms with Crippen molar-refractivity contribution in [2.75, 3.05) is 11.9 Å². The highest BCUT2D eigenvalue weighted by Crippen LogP contribution is 2.23. The van der Waals surface area contributed by atoms with Crippen LogP contribution in [0.25, 0.3) is 0 Å². The monoisotopic (exact) mass is 233 g/mol. The van der Waals surface area contributed by atoms with E-state index in [1.165, 1.54) is 5.56 Å². The van der Waals surface area contributed by atoms with E-state index >= 15 is 0 Å². The third kappa shape index (κ3) is 2.62. The van der Waals surface area contributed by atoms with Crippen molar-refractivity contribution in [2.45, 2.75) is 13.0 Å². The Balaban J connectivity index is 2.10. The molecule has 1 unspecified atom stereocenters. The van der Waals surface area contributed by atoms with Crippen LogP contribution in [0.3, 0.4) is 0 Å². The minimum absolute atomic E-state index is 0.0114. The molecule has 1 atom stereocenters. The summed E-state index contributed by atoms with van der Waals surface area (Å²) < 4.78 is 0. The number of nitrogens with one attached hydrogen (secondary N) is 1. The van der Waals surface area contributed by atoms with Gasteiger partial charge in [-0.1, -0.05) is 23.8 Å². The predicted octanol–water partition coefficient (Wildman–Crippen LogP) is 3.20. The van der Waals surface area contributed by atoms with Gasteiger partial charge in [-0.3, -0.25) is 0 Å². The Morgan fingerprint density at radius 2 is 2.00 bits per heavy atom. The fourth-order valence-electron chi connectivity index (χ4n) is 1.55. The van der Waals surface area contributed by atoms with Gasteiger partial charge in [0.25, 0.3) is 0 Å². The smallest absolute Gasteiger partial charge is 0.0837 e. The number of hydrogen-bond acceptors (Lipinski definition) is 3. The largest absolute Gasteiger partial charge is 0.394 e. The molecule has 0 aliphatic heterocycles. The predicted molar refractivity (Wildman–Crippen MR) is 68.9 cm³/mol. The van der Waals surface area contributed by atoms with Gasteiger partial charge in [0.1, 0.15) is 0 Å². The van der Waals surface area contributed by atoms with E-state index in [0.717, 1.165) is 10.6 Å². The molecular formula is C13H15NOS. The van der Waals surface area contributed by atoms with Gasteiger partial charge in [-0.2, -0.15) is 0 Å². The average molecular weight is 233 g/mol. The molecule has 0 radical (unpaired) electrons. The number of aliphatic hydroxyl groups excluding tert-OH is 1. The average Bonchev–Trinajstić information content (AvgIpc) is 2.82. The summed E-state index contributed by atoms with van der Waals surface area (Å²) in [6, 6.07) is 12.2. The lowest BCUT2D eigenvalue weighted by atomic mass is 10.2. The van der Waals surface area contributed by atoms with Crippen LogP contribution in [-0.2, 0) is 0 Å². The normalized spacial score (nSPS) is 12.4. The lowest BCUT2D eigenvalue weighted by Crippen LogP contribution is -2.13. The van der Waals surface area contributed by atoms with Crippen molar-refractivity contribution in [3.63, 3.8) is 0 Å². The molecule has 2 N–H and O–H groups in total. The highest BCUT2D eigenvalue weighted by atomic mass is 32.1. The molecule has 16 heavy (non-hydrogen) atoms. The molecule has 2 aromatic rings. The number of benzene rings is 1. The van der Waals surface area contributed by atoms with Gasteiger partial charge in [-0.05, 0) is 30.5 Å². The van der Waals surface area contributed by atoms with Crippen molar-refractivity contribution < 1.29 is 5.11 Å². The summed E-state index contributed by atoms with van der Waals surface area (Å²) >= 11 is 1.66. The summed E-state index contributed by atoms with van der Waals surface area (Å²) in [6.07, 6.45) is 0. The van der Waals surface area contributed by atoms with Crippen LogP contribution in [-0.4, -0.2) is 11.7 Å². The maximum atomic E-state index is 9.36. The number of aliphatic hydroxyl groups is 1. The Hall–Kier alpha value is -1.32. The topological polar surface area (TPSA) is 32.3 Å². The van der Waals surface area contributed by atoms with E-state index in [1.54, 1.807) is 11.3 Å². The number of rotatable bonds is 4. The zero-order chi connectivity index (χ0) is 11.4. The molecule has 0 spiro atoms. The van der Waals surface area contributed by atoms with Gasteiger partial charge in [0, 0.05) is 10.6 Å². The minimum atomic E-state index is -0.0114. The van der Waals surface area contributed by atoms with E-state index in [1.807, 2.05) is 29.6 Å². The van der Waals surface area contributed by atoms with Crippen molar-refractivity contribution in [1.29, 1.82) is 0 Å². The standard InChI is InChI=1S/C13H15NOS/c1-10-4-6-11(7-5-10)14-12(9-15)13-3-2-8-16-13/h2-8,12,14-15H,9H2,1H3. The van der Waals surface area contributed by atoms with Crippen molar-refractivity contribution in [3.05, 3.63) is 52.2 Å². The minimum Gasteiger partial charge on any atom is -0.394 e. The van der Waals surface area contributed by atoms with Gasteiger partial charge in [0.05, 0.1) is 12.6 Å². The van der Waals surface area contributed by atoms with Crippen LogP contribution in [0.15, 0.2) is 41.8 Å². The SMILES string of the molecule is Cc1ccc(NC(CO)c2cccs2)cc1. The first-order chi connectivity index (χ1) is 7.79. The Morgan fingerprint density at radius 1 is 1.25 bits per heavy atom. The summed E-state index contributed by atoms with van der Waals surface area (Å²) in [4.78, 5) is 1.16. The molecule has 1 heterocycles. The first-order valence-electron chi connectivity index (χ1n) is 5.27. The zero-order valence-corrected chi connectivity index (χ0v) is 10.00. The van der Waals surface area contributed by atoms with E-state index in [9.17, 15) is 5.11 Å². The molecule has 1 aromatic heterocycles. The summed E-state index contributed by atoms with van der Waals surface area (Å²) in [6.45, 7) is 2.17. The van der Waals surface area contributed by atoms with E-state index in [4.69, 9.17) is 0 Å². The highest BCUT2D eigenvalue weighted by molar-refractivity contribution is 7.10. The molecule has 0 aliphatic carbocycles. The second kappa shape index (κ2) is 5.14. The molecule has 1 aromatic carbocycles. The molecule has 0 bridgehead atoms. The number of aryl methyl sites for hydroxylation is 1. The second-order valence-electron chi connectivity index (χ2n) is 3.76. The quantitative estimate of drug-likeness (QED) is 0.850. The summed E-state index contributed by atoms with van der Waals surface area (Å²) in [5.74, 6) is 0. The number of hydrogen-bond donors (Lipinski definition) is 2. The number of anilines is 1. The van der Waals surface area contributed by atoms with Gasteiger partial charge in [-0.15, -0.1) is 11.3 Å². The van der Waals surface area contributed by atoms with E-state index < -0.39 is 0 Å². The zero-order valence-electron chi connectivity index (χ0n) is 9.18. The second-order valence-corrected chi connectivity index (χ2v) is 4.74. The van der Waals surface area contributed by atoms with Crippen LogP contribution in [0.4, 0.5) is 5.69 Å². The van der Waals surface area contributed by atoms with Gasteiger partial charge in [-0.25, -0.2) is 0 Å².